The fourth-order valence-corrected chi connectivity index (χ4v) is 5.82. The predicted molar refractivity (Wildman–Crippen MR) is 200 cm³/mol. The van der Waals surface area contributed by atoms with E-state index < -0.39 is 11.9 Å². The van der Waals surface area contributed by atoms with Crippen LogP contribution in [0.3, 0.4) is 0 Å². The van der Waals surface area contributed by atoms with Gasteiger partial charge < -0.3 is 19.8 Å². The van der Waals surface area contributed by atoms with E-state index in [2.05, 4.69) is 32.9 Å². The van der Waals surface area contributed by atoms with Crippen LogP contribution in [0, 0.1) is 6.92 Å². The maximum Gasteiger partial charge on any atom is 2.00 e. The van der Waals surface area contributed by atoms with Crippen molar-refractivity contribution in [2.75, 3.05) is 0 Å². The minimum absolute atomic E-state index is 0. The summed E-state index contributed by atoms with van der Waals surface area (Å²) < 4.78 is 0. The molecular weight excluding hydrogens is 646 g/mol. The summed E-state index contributed by atoms with van der Waals surface area (Å²) in [4.78, 5) is 20.4. The first-order valence-electron chi connectivity index (χ1n) is 20.3. The van der Waals surface area contributed by atoms with Crippen LogP contribution < -0.4 is 10.2 Å². The minimum Gasteiger partial charge on any atom is -0.550 e. The van der Waals surface area contributed by atoms with Crippen LogP contribution in [0.5, 0.6) is 0 Å². The summed E-state index contributed by atoms with van der Waals surface area (Å²) in [5.41, 5.74) is 1.32. The van der Waals surface area contributed by atoms with Gasteiger partial charge in [-0.05, 0) is 32.6 Å². The molecule has 0 unspecified atom stereocenters. The molecule has 0 N–H and O–H groups in total. The largest absolute Gasteiger partial charge is 2.00 e. The first kappa shape index (κ1) is 51.2. The molecule has 1 aromatic carbocycles. The minimum atomic E-state index is -0.903. The van der Waals surface area contributed by atoms with E-state index in [9.17, 15) is 19.8 Å². The molecule has 0 fully saturated rings. The first-order chi connectivity index (χ1) is 22.9. The first-order valence-corrected chi connectivity index (χ1v) is 20.3. The van der Waals surface area contributed by atoms with Gasteiger partial charge in [-0.25, -0.2) is 0 Å². The van der Waals surface area contributed by atoms with Crippen molar-refractivity contribution >= 4 is 11.9 Å². The number of rotatable bonds is 32. The van der Waals surface area contributed by atoms with E-state index in [0.717, 1.165) is 25.7 Å². The quantitative estimate of drug-likeness (QED) is 0.0547. The Morgan fingerprint density at radius 1 is 0.396 bits per heavy atom. The fraction of sp³-hybridized carbons (Fsp3) is 0.814. The second kappa shape index (κ2) is 45.8. The molecule has 1 rings (SSSR count). The van der Waals surface area contributed by atoms with E-state index in [4.69, 9.17) is 0 Å². The average molecular weight is 724 g/mol. The number of benzene rings is 1. The van der Waals surface area contributed by atoms with Gasteiger partial charge in [0.25, 0.3) is 0 Å². The Morgan fingerprint density at radius 2 is 0.604 bits per heavy atom. The van der Waals surface area contributed by atoms with Gasteiger partial charge in [-0.15, -0.1) is 0 Å². The van der Waals surface area contributed by atoms with Gasteiger partial charge >= 0.3 is 19.5 Å². The maximum atomic E-state index is 10.2. The Balaban J connectivity index is -0.000000688. The van der Waals surface area contributed by atoms with Gasteiger partial charge in [0.1, 0.15) is 0 Å². The molecule has 0 spiro atoms. The molecule has 0 radical (unpaired) electrons. The standard InChI is InChI=1S/2C18H36O2.C7H8.Zn/c2*1-2-3-4-5-6-7-8-9-10-11-12-13-14-15-16-17-18(19)20;1-7-5-3-2-4-6-7;/h2*2-17H2,1H3,(H,19,20);2-6H,1H3;/q;;;+2/p-2. The zero-order chi connectivity index (χ0) is 34.9. The van der Waals surface area contributed by atoms with Crippen LogP contribution >= 0.6 is 0 Å². The molecule has 48 heavy (non-hydrogen) atoms. The molecule has 0 bridgehead atoms. The zero-order valence-corrected chi connectivity index (χ0v) is 35.3. The van der Waals surface area contributed by atoms with E-state index in [0.29, 0.717) is 0 Å². The van der Waals surface area contributed by atoms with Gasteiger partial charge in [-0.1, -0.05) is 230 Å². The molecule has 5 heteroatoms. The topological polar surface area (TPSA) is 80.3 Å². The molecule has 4 nitrogen and oxygen atoms in total. The molecule has 0 amide bonds. The van der Waals surface area contributed by atoms with Crippen molar-refractivity contribution in [3.63, 3.8) is 0 Å². The third kappa shape index (κ3) is 51.6. The Morgan fingerprint density at radius 3 is 0.771 bits per heavy atom. The van der Waals surface area contributed by atoms with Crippen molar-refractivity contribution in [3.05, 3.63) is 35.9 Å². The predicted octanol–water partition coefficient (Wildman–Crippen LogP) is 12.0. The number of aryl methyl sites for hydroxylation is 1. The second-order valence-corrected chi connectivity index (χ2v) is 13.8. The summed E-state index contributed by atoms with van der Waals surface area (Å²) >= 11 is 0. The van der Waals surface area contributed by atoms with Gasteiger partial charge in [0.05, 0.1) is 0 Å². The Hall–Kier alpha value is -1.22. The number of unbranched alkanes of at least 4 members (excludes halogenated alkanes) is 28. The molecule has 1 aromatic rings. The Labute approximate surface area is 312 Å². The van der Waals surface area contributed by atoms with E-state index in [1.165, 1.54) is 173 Å². The monoisotopic (exact) mass is 723 g/mol. The summed E-state index contributed by atoms with van der Waals surface area (Å²) in [5.74, 6) is -1.81. The van der Waals surface area contributed by atoms with Crippen LogP contribution in [0.4, 0.5) is 0 Å². The van der Waals surface area contributed by atoms with Crippen LogP contribution in [-0.4, -0.2) is 11.9 Å². The van der Waals surface area contributed by atoms with Crippen LogP contribution in [-0.2, 0) is 29.1 Å². The number of hydrogen-bond acceptors (Lipinski definition) is 4. The third-order valence-corrected chi connectivity index (χ3v) is 8.91. The fourth-order valence-electron chi connectivity index (χ4n) is 5.82. The van der Waals surface area contributed by atoms with Gasteiger partial charge in [-0.3, -0.25) is 0 Å². The molecule has 276 valence electrons. The number of hydrogen-bond donors (Lipinski definition) is 0. The molecule has 0 aromatic heterocycles. The number of carboxylic acid groups (broad SMARTS) is 2. The molecule has 0 saturated carbocycles. The van der Waals surface area contributed by atoms with E-state index >= 15 is 0 Å². The molecule has 0 saturated heterocycles. The summed E-state index contributed by atoms with van der Waals surface area (Å²) in [6.07, 6.45) is 39.7. The smallest absolute Gasteiger partial charge is 0.550 e. The molecule has 0 heterocycles. The van der Waals surface area contributed by atoms with Crippen molar-refractivity contribution in [3.8, 4) is 0 Å². The van der Waals surface area contributed by atoms with Crippen LogP contribution in [0.2, 0.25) is 0 Å². The van der Waals surface area contributed by atoms with Gasteiger partial charge in [0, 0.05) is 11.9 Å². The van der Waals surface area contributed by atoms with Crippen LogP contribution in [0.15, 0.2) is 30.3 Å². The molecular formula is C43H78O4Zn. The zero-order valence-electron chi connectivity index (χ0n) is 32.4. The molecule has 0 atom stereocenters. The number of carbonyl (C=O) groups excluding carboxylic acids is 2. The van der Waals surface area contributed by atoms with Crippen molar-refractivity contribution in [2.45, 2.75) is 226 Å². The van der Waals surface area contributed by atoms with E-state index in [-0.39, 0.29) is 32.3 Å². The number of aliphatic carboxylic acids is 2. The normalized spacial score (nSPS) is 10.3. The van der Waals surface area contributed by atoms with E-state index in [1.807, 2.05) is 18.2 Å². The van der Waals surface area contributed by atoms with Crippen LogP contribution in [0.25, 0.3) is 0 Å². The average Bonchev–Trinajstić information content (AvgIpc) is 3.05. The van der Waals surface area contributed by atoms with Crippen molar-refractivity contribution < 1.29 is 39.3 Å². The Kier molecular flexibility index (Phi) is 48.8. The maximum absolute atomic E-state index is 10.2. The van der Waals surface area contributed by atoms with Crippen molar-refractivity contribution in [1.29, 1.82) is 0 Å². The molecule has 0 aliphatic carbocycles. The number of carbonyl (C=O) groups is 2. The Bertz CT molecular complexity index is 696. The van der Waals surface area contributed by atoms with Gasteiger partial charge in [-0.2, -0.15) is 0 Å². The van der Waals surface area contributed by atoms with Crippen molar-refractivity contribution in [2.24, 2.45) is 0 Å². The summed E-state index contributed by atoms with van der Waals surface area (Å²) in [7, 11) is 0. The summed E-state index contributed by atoms with van der Waals surface area (Å²) in [6.45, 7) is 6.62. The van der Waals surface area contributed by atoms with Gasteiger partial charge in [0.2, 0.25) is 0 Å². The summed E-state index contributed by atoms with van der Waals surface area (Å²) in [5, 5.41) is 20.4. The van der Waals surface area contributed by atoms with Crippen LogP contribution in [0.1, 0.15) is 225 Å². The van der Waals surface area contributed by atoms with E-state index in [1.54, 1.807) is 0 Å². The number of carboxylic acids is 2. The molecule has 0 aliphatic heterocycles. The van der Waals surface area contributed by atoms with Gasteiger partial charge in [0.15, 0.2) is 0 Å². The summed E-state index contributed by atoms with van der Waals surface area (Å²) in [6, 6.07) is 10.3. The third-order valence-electron chi connectivity index (χ3n) is 8.91. The SMILES string of the molecule is CCCCCCCCCCCCCCCCCC(=O)[O-].CCCCCCCCCCCCCCCCCC(=O)[O-].Cc1ccccc1.[Zn+2]. The molecule has 0 aliphatic rings. The van der Waals surface area contributed by atoms with Crippen molar-refractivity contribution in [1.82, 2.24) is 0 Å². The second-order valence-electron chi connectivity index (χ2n) is 13.8.